The number of nitrogens with zero attached hydrogens (tertiary/aromatic N) is 1. The van der Waals surface area contributed by atoms with Crippen molar-refractivity contribution < 1.29 is 14.3 Å². The zero-order chi connectivity index (χ0) is 19.2. The second kappa shape index (κ2) is 8.73. The van der Waals surface area contributed by atoms with Crippen LogP contribution in [0.15, 0.2) is 53.5 Å². The average Bonchev–Trinajstić information content (AvgIpc) is 2.68. The standard InChI is InChI=1S/C20H21N3O3S/c1-3-13-4-6-15(7-5-13)22-20-23-18(24)12-17(27-20)19(25)21-14-8-10-16(26-2)11-9-14/h4-11,17H,3,12H2,1-2H3,(H,21,25)(H,22,23,24). The Morgan fingerprint density at radius 2 is 1.93 bits per heavy atom. The van der Waals surface area contributed by atoms with Gasteiger partial charge in [-0.05, 0) is 48.4 Å². The highest BCUT2D eigenvalue weighted by atomic mass is 32.2. The predicted molar refractivity (Wildman–Crippen MR) is 109 cm³/mol. The van der Waals surface area contributed by atoms with E-state index in [1.807, 2.05) is 24.3 Å². The van der Waals surface area contributed by atoms with Crippen LogP contribution in [0.4, 0.5) is 11.4 Å². The van der Waals surface area contributed by atoms with Crippen LogP contribution in [0.5, 0.6) is 5.75 Å². The van der Waals surface area contributed by atoms with E-state index in [0.29, 0.717) is 16.6 Å². The Bertz CT molecular complexity index is 848. The van der Waals surface area contributed by atoms with E-state index in [0.717, 1.165) is 12.1 Å². The van der Waals surface area contributed by atoms with Gasteiger partial charge in [-0.1, -0.05) is 30.8 Å². The van der Waals surface area contributed by atoms with Crippen LogP contribution in [-0.4, -0.2) is 29.3 Å². The van der Waals surface area contributed by atoms with Crippen LogP contribution >= 0.6 is 11.8 Å². The van der Waals surface area contributed by atoms with Crippen LogP contribution in [0.3, 0.4) is 0 Å². The normalized spacial score (nSPS) is 18.1. The van der Waals surface area contributed by atoms with Crippen molar-refractivity contribution in [2.75, 3.05) is 12.4 Å². The minimum Gasteiger partial charge on any atom is -0.497 e. The highest BCUT2D eigenvalue weighted by molar-refractivity contribution is 8.15. The molecule has 2 aromatic rings. The third-order valence-electron chi connectivity index (χ3n) is 4.10. The number of amidine groups is 1. The number of aryl methyl sites for hydroxylation is 1. The summed E-state index contributed by atoms with van der Waals surface area (Å²) in [4.78, 5) is 29.0. The Kier molecular flexibility index (Phi) is 6.13. The van der Waals surface area contributed by atoms with E-state index in [4.69, 9.17) is 4.74 Å². The summed E-state index contributed by atoms with van der Waals surface area (Å²) in [6.07, 6.45) is 1.07. The number of thioether (sulfide) groups is 1. The summed E-state index contributed by atoms with van der Waals surface area (Å²) < 4.78 is 5.10. The second-order valence-electron chi connectivity index (χ2n) is 6.01. The third kappa shape index (κ3) is 5.10. The summed E-state index contributed by atoms with van der Waals surface area (Å²) in [5, 5.41) is 5.47. The Labute approximate surface area is 162 Å². The fourth-order valence-electron chi connectivity index (χ4n) is 2.57. The first-order chi connectivity index (χ1) is 13.1. The molecule has 2 aromatic carbocycles. The van der Waals surface area contributed by atoms with Gasteiger partial charge in [0.15, 0.2) is 5.17 Å². The molecule has 3 rings (SSSR count). The topological polar surface area (TPSA) is 79.8 Å². The number of benzene rings is 2. The number of ether oxygens (including phenoxy) is 1. The molecule has 2 amide bonds. The molecule has 0 aliphatic carbocycles. The van der Waals surface area contributed by atoms with Gasteiger partial charge in [0.25, 0.3) is 0 Å². The molecule has 7 heteroatoms. The Morgan fingerprint density at radius 1 is 1.22 bits per heavy atom. The van der Waals surface area contributed by atoms with Crippen molar-refractivity contribution in [2.45, 2.75) is 25.0 Å². The number of rotatable bonds is 5. The Hall–Kier alpha value is -2.80. The summed E-state index contributed by atoms with van der Waals surface area (Å²) in [6.45, 7) is 2.09. The average molecular weight is 383 g/mol. The van der Waals surface area contributed by atoms with E-state index in [1.54, 1.807) is 31.4 Å². The van der Waals surface area contributed by atoms with Crippen LogP contribution in [0.1, 0.15) is 18.9 Å². The van der Waals surface area contributed by atoms with E-state index in [-0.39, 0.29) is 18.2 Å². The lowest BCUT2D eigenvalue weighted by atomic mass is 10.2. The summed E-state index contributed by atoms with van der Waals surface area (Å²) in [5.41, 5.74) is 2.61. The fourth-order valence-corrected chi connectivity index (χ4v) is 3.57. The van der Waals surface area contributed by atoms with E-state index in [1.165, 1.54) is 17.3 Å². The van der Waals surface area contributed by atoms with Crippen molar-refractivity contribution in [3.63, 3.8) is 0 Å². The number of aliphatic imine (C=N–C) groups is 1. The smallest absolute Gasteiger partial charge is 0.238 e. The minimum atomic E-state index is -0.533. The first-order valence-corrected chi connectivity index (χ1v) is 9.54. The molecule has 1 unspecified atom stereocenters. The van der Waals surface area contributed by atoms with Gasteiger partial charge in [0.1, 0.15) is 11.0 Å². The summed E-state index contributed by atoms with van der Waals surface area (Å²) in [6, 6.07) is 14.9. The molecule has 1 saturated heterocycles. The molecule has 0 aromatic heterocycles. The molecule has 6 nitrogen and oxygen atoms in total. The molecule has 27 heavy (non-hydrogen) atoms. The van der Waals surface area contributed by atoms with Gasteiger partial charge in [0.05, 0.1) is 12.8 Å². The number of methoxy groups -OCH3 is 1. The van der Waals surface area contributed by atoms with Crippen molar-refractivity contribution in [3.05, 3.63) is 54.1 Å². The molecule has 0 spiro atoms. The summed E-state index contributed by atoms with van der Waals surface area (Å²) >= 11 is 1.26. The van der Waals surface area contributed by atoms with Gasteiger partial charge in [-0.3, -0.25) is 9.59 Å². The van der Waals surface area contributed by atoms with Crippen molar-refractivity contribution in [1.82, 2.24) is 5.32 Å². The first-order valence-electron chi connectivity index (χ1n) is 8.66. The monoisotopic (exact) mass is 383 g/mol. The molecule has 2 N–H and O–H groups in total. The van der Waals surface area contributed by atoms with E-state index in [9.17, 15) is 9.59 Å². The van der Waals surface area contributed by atoms with Gasteiger partial charge in [-0.25, -0.2) is 4.99 Å². The van der Waals surface area contributed by atoms with Gasteiger partial charge < -0.3 is 15.4 Å². The largest absolute Gasteiger partial charge is 0.497 e. The van der Waals surface area contributed by atoms with Crippen LogP contribution in [0.2, 0.25) is 0 Å². The quantitative estimate of drug-likeness (QED) is 0.828. The van der Waals surface area contributed by atoms with Gasteiger partial charge >= 0.3 is 0 Å². The molecule has 1 aliphatic heterocycles. The maximum atomic E-state index is 12.6. The zero-order valence-corrected chi connectivity index (χ0v) is 16.0. The number of hydrogen-bond acceptors (Lipinski definition) is 5. The molecule has 1 fully saturated rings. The van der Waals surface area contributed by atoms with Crippen molar-refractivity contribution >= 4 is 40.1 Å². The van der Waals surface area contributed by atoms with Crippen LogP contribution in [0, 0.1) is 0 Å². The minimum absolute atomic E-state index is 0.112. The fraction of sp³-hybridized carbons (Fsp3) is 0.250. The van der Waals surface area contributed by atoms with Gasteiger partial charge in [-0.2, -0.15) is 0 Å². The van der Waals surface area contributed by atoms with Crippen LogP contribution in [0.25, 0.3) is 0 Å². The SMILES string of the molecule is CCc1ccc(N=C2NC(=O)CC(C(=O)Nc3ccc(OC)cc3)S2)cc1. The predicted octanol–water partition coefficient (Wildman–Crippen LogP) is 3.51. The van der Waals surface area contributed by atoms with E-state index < -0.39 is 5.25 Å². The maximum Gasteiger partial charge on any atom is 0.238 e. The molecule has 0 saturated carbocycles. The van der Waals surface area contributed by atoms with E-state index >= 15 is 0 Å². The van der Waals surface area contributed by atoms with Crippen molar-refractivity contribution in [1.29, 1.82) is 0 Å². The number of carbonyl (C=O) groups excluding carboxylic acids is 2. The van der Waals surface area contributed by atoms with Crippen LogP contribution < -0.4 is 15.4 Å². The lowest BCUT2D eigenvalue weighted by Gasteiger charge is -2.22. The molecule has 140 valence electrons. The first kappa shape index (κ1) is 19.0. The van der Waals surface area contributed by atoms with Gasteiger partial charge in [0.2, 0.25) is 11.8 Å². The highest BCUT2D eigenvalue weighted by Crippen LogP contribution is 2.25. The molecule has 0 bridgehead atoms. The maximum absolute atomic E-state index is 12.6. The lowest BCUT2D eigenvalue weighted by molar-refractivity contribution is -0.123. The summed E-state index contributed by atoms with van der Waals surface area (Å²) in [5.74, 6) is 0.268. The lowest BCUT2D eigenvalue weighted by Crippen LogP contribution is -2.41. The molecular weight excluding hydrogens is 362 g/mol. The van der Waals surface area contributed by atoms with Crippen LogP contribution in [-0.2, 0) is 16.0 Å². The number of amides is 2. The highest BCUT2D eigenvalue weighted by Gasteiger charge is 2.30. The molecule has 0 radical (unpaired) electrons. The van der Waals surface area contributed by atoms with Crippen molar-refractivity contribution in [3.8, 4) is 5.75 Å². The molecule has 1 atom stereocenters. The van der Waals surface area contributed by atoms with Gasteiger partial charge in [-0.15, -0.1) is 0 Å². The van der Waals surface area contributed by atoms with E-state index in [2.05, 4.69) is 22.5 Å². The second-order valence-corrected chi connectivity index (χ2v) is 7.20. The Morgan fingerprint density at radius 3 is 2.56 bits per heavy atom. The number of hydrogen-bond donors (Lipinski definition) is 2. The molecule has 1 heterocycles. The number of carbonyl (C=O) groups is 2. The third-order valence-corrected chi connectivity index (χ3v) is 5.18. The number of anilines is 1. The molecular formula is C20H21N3O3S. The zero-order valence-electron chi connectivity index (χ0n) is 15.2. The Balaban J connectivity index is 1.68. The number of nitrogens with one attached hydrogen (secondary N) is 2. The summed E-state index contributed by atoms with van der Waals surface area (Å²) in [7, 11) is 1.58. The molecule has 1 aliphatic rings. The van der Waals surface area contributed by atoms with Gasteiger partial charge in [0, 0.05) is 12.1 Å². The van der Waals surface area contributed by atoms with Crippen molar-refractivity contribution in [2.24, 2.45) is 4.99 Å².